The summed E-state index contributed by atoms with van der Waals surface area (Å²) in [5, 5.41) is 1.76. The van der Waals surface area contributed by atoms with Crippen molar-refractivity contribution in [1.82, 2.24) is 9.88 Å². The number of aromatic nitrogens is 1. The van der Waals surface area contributed by atoms with Crippen LogP contribution >= 0.6 is 11.6 Å². The number of piperidine rings is 1. The summed E-state index contributed by atoms with van der Waals surface area (Å²) in [6.45, 7) is 4.04. The minimum atomic E-state index is -0.185. The Morgan fingerprint density at radius 1 is 1.16 bits per heavy atom. The van der Waals surface area contributed by atoms with Gasteiger partial charge in [-0.05, 0) is 67.8 Å². The van der Waals surface area contributed by atoms with Gasteiger partial charge in [-0.1, -0.05) is 30.2 Å². The van der Waals surface area contributed by atoms with Gasteiger partial charge < -0.3 is 4.98 Å². The van der Waals surface area contributed by atoms with E-state index in [-0.39, 0.29) is 5.82 Å². The Morgan fingerprint density at radius 3 is 2.88 bits per heavy atom. The van der Waals surface area contributed by atoms with Crippen LogP contribution in [-0.4, -0.2) is 16.4 Å². The number of nitrogens with one attached hydrogen (secondary N) is 1. The zero-order chi connectivity index (χ0) is 17.4. The smallest absolute Gasteiger partial charge is 0.123 e. The Balaban J connectivity index is 1.62. The van der Waals surface area contributed by atoms with Gasteiger partial charge in [-0.3, -0.25) is 4.90 Å². The largest absolute Gasteiger partial charge is 0.357 e. The average Bonchev–Trinajstić information content (AvgIpc) is 3.01. The van der Waals surface area contributed by atoms with E-state index >= 15 is 0 Å². The van der Waals surface area contributed by atoms with Crippen LogP contribution in [0.25, 0.3) is 10.9 Å². The van der Waals surface area contributed by atoms with E-state index in [1.165, 1.54) is 30.2 Å². The normalized spacial score (nSPS) is 18.8. The zero-order valence-electron chi connectivity index (χ0n) is 14.4. The number of H-pyrrole nitrogens is 1. The number of hydrogen-bond donors (Lipinski definition) is 1. The Hall–Kier alpha value is -1.84. The lowest BCUT2D eigenvalue weighted by atomic mass is 9.98. The molecule has 25 heavy (non-hydrogen) atoms. The molecule has 1 aliphatic heterocycles. The molecule has 0 saturated carbocycles. The maximum Gasteiger partial charge on any atom is 0.123 e. The van der Waals surface area contributed by atoms with Gasteiger partial charge in [0.15, 0.2) is 0 Å². The van der Waals surface area contributed by atoms with Crippen molar-refractivity contribution in [3.05, 3.63) is 70.1 Å². The van der Waals surface area contributed by atoms with E-state index in [9.17, 15) is 4.39 Å². The van der Waals surface area contributed by atoms with Crippen LogP contribution < -0.4 is 0 Å². The molecule has 0 spiro atoms. The second kappa shape index (κ2) is 6.81. The molecule has 4 heteroatoms. The minimum Gasteiger partial charge on any atom is -0.357 e. The second-order valence-corrected chi connectivity index (χ2v) is 7.43. The Labute approximate surface area is 152 Å². The molecule has 1 aliphatic rings. The van der Waals surface area contributed by atoms with Crippen LogP contribution in [0, 0.1) is 12.7 Å². The van der Waals surface area contributed by atoms with Gasteiger partial charge in [0.2, 0.25) is 0 Å². The molecule has 0 radical (unpaired) electrons. The number of aromatic amines is 1. The molecule has 2 aromatic carbocycles. The van der Waals surface area contributed by atoms with Crippen LogP contribution in [0.4, 0.5) is 4.39 Å². The number of aryl methyl sites for hydroxylation is 1. The molecule has 2 heterocycles. The Bertz CT molecular complexity index is 902. The fourth-order valence-electron chi connectivity index (χ4n) is 3.88. The van der Waals surface area contributed by atoms with E-state index in [1.807, 2.05) is 19.1 Å². The molecule has 1 N–H and O–H groups in total. The first-order valence-corrected chi connectivity index (χ1v) is 9.25. The third-order valence-corrected chi connectivity index (χ3v) is 5.61. The van der Waals surface area contributed by atoms with Crippen molar-refractivity contribution in [3.63, 3.8) is 0 Å². The van der Waals surface area contributed by atoms with Crippen LogP contribution in [-0.2, 0) is 6.54 Å². The quantitative estimate of drug-likeness (QED) is 0.610. The van der Waals surface area contributed by atoms with Crippen LogP contribution in [0.15, 0.2) is 42.5 Å². The maximum absolute atomic E-state index is 13.5. The van der Waals surface area contributed by atoms with Gasteiger partial charge in [0.25, 0.3) is 0 Å². The first-order chi connectivity index (χ1) is 12.1. The molecule has 1 fully saturated rings. The molecule has 1 atom stereocenters. The molecule has 1 aromatic heterocycles. The van der Waals surface area contributed by atoms with Gasteiger partial charge in [-0.2, -0.15) is 0 Å². The monoisotopic (exact) mass is 356 g/mol. The third-order valence-electron chi connectivity index (χ3n) is 5.18. The number of hydrogen-bond acceptors (Lipinski definition) is 1. The summed E-state index contributed by atoms with van der Waals surface area (Å²) in [6, 6.07) is 13.7. The predicted octanol–water partition coefficient (Wildman–Crippen LogP) is 6.00. The van der Waals surface area contributed by atoms with Crippen molar-refractivity contribution < 1.29 is 4.39 Å². The summed E-state index contributed by atoms with van der Waals surface area (Å²) in [6.07, 6.45) is 3.57. The molecule has 130 valence electrons. The molecule has 4 rings (SSSR count). The van der Waals surface area contributed by atoms with Crippen LogP contribution in [0.2, 0.25) is 5.02 Å². The van der Waals surface area contributed by atoms with E-state index in [4.69, 9.17) is 11.6 Å². The zero-order valence-corrected chi connectivity index (χ0v) is 15.1. The number of fused-ring (bicyclic) bond motifs is 1. The average molecular weight is 357 g/mol. The van der Waals surface area contributed by atoms with Crippen molar-refractivity contribution in [2.75, 3.05) is 6.54 Å². The lowest BCUT2D eigenvalue weighted by Crippen LogP contribution is -2.33. The van der Waals surface area contributed by atoms with Crippen LogP contribution in [0.5, 0.6) is 0 Å². The van der Waals surface area contributed by atoms with E-state index in [0.29, 0.717) is 6.04 Å². The van der Waals surface area contributed by atoms with Crippen molar-refractivity contribution in [2.45, 2.75) is 38.8 Å². The number of halogens is 2. The molecule has 1 unspecified atom stereocenters. The summed E-state index contributed by atoms with van der Waals surface area (Å²) in [5.41, 5.74) is 4.60. The molecule has 0 aliphatic carbocycles. The SMILES string of the molecule is Cc1cc(CN2CCCCC2c2cc3cc(F)ccc3[nH]2)ccc1Cl. The van der Waals surface area contributed by atoms with Crippen molar-refractivity contribution in [1.29, 1.82) is 0 Å². The highest BCUT2D eigenvalue weighted by Gasteiger charge is 2.25. The second-order valence-electron chi connectivity index (χ2n) is 7.02. The first-order valence-electron chi connectivity index (χ1n) is 8.87. The molecule has 3 aromatic rings. The number of nitrogens with zero attached hydrogens (tertiary/aromatic N) is 1. The lowest BCUT2D eigenvalue weighted by molar-refractivity contribution is 0.138. The van der Waals surface area contributed by atoms with Crippen molar-refractivity contribution in [2.24, 2.45) is 0 Å². The van der Waals surface area contributed by atoms with Crippen LogP contribution in [0.1, 0.15) is 42.1 Å². The maximum atomic E-state index is 13.5. The van der Waals surface area contributed by atoms with Gasteiger partial charge in [-0.15, -0.1) is 0 Å². The van der Waals surface area contributed by atoms with E-state index in [0.717, 1.165) is 41.0 Å². The number of benzene rings is 2. The van der Waals surface area contributed by atoms with E-state index in [2.05, 4.69) is 28.1 Å². The van der Waals surface area contributed by atoms with Gasteiger partial charge >= 0.3 is 0 Å². The topological polar surface area (TPSA) is 19.0 Å². The molecular formula is C21H22ClFN2. The molecule has 0 amide bonds. The van der Waals surface area contributed by atoms with Crippen molar-refractivity contribution >= 4 is 22.5 Å². The summed E-state index contributed by atoms with van der Waals surface area (Å²) in [5.74, 6) is -0.185. The highest BCUT2D eigenvalue weighted by molar-refractivity contribution is 6.31. The highest BCUT2D eigenvalue weighted by atomic mass is 35.5. The van der Waals surface area contributed by atoms with E-state index in [1.54, 1.807) is 6.07 Å². The number of likely N-dealkylation sites (tertiary alicyclic amines) is 1. The van der Waals surface area contributed by atoms with Gasteiger partial charge in [0, 0.05) is 28.2 Å². The number of rotatable bonds is 3. The highest BCUT2D eigenvalue weighted by Crippen LogP contribution is 2.33. The Kier molecular flexibility index (Phi) is 4.53. The third kappa shape index (κ3) is 3.44. The molecular weight excluding hydrogens is 335 g/mol. The fourth-order valence-corrected chi connectivity index (χ4v) is 4.00. The summed E-state index contributed by atoms with van der Waals surface area (Å²) < 4.78 is 13.5. The minimum absolute atomic E-state index is 0.185. The standard InChI is InChI=1S/C21H22ClFN2/c1-14-10-15(5-7-18(14)22)13-25-9-3-2-4-21(25)20-12-16-11-17(23)6-8-19(16)24-20/h5-8,10-12,21,24H,2-4,9,13H2,1H3. The lowest BCUT2D eigenvalue weighted by Gasteiger charge is -2.35. The molecule has 0 bridgehead atoms. The predicted molar refractivity (Wildman–Crippen MR) is 101 cm³/mol. The van der Waals surface area contributed by atoms with Gasteiger partial charge in [0.1, 0.15) is 5.82 Å². The molecule has 1 saturated heterocycles. The molecule has 2 nitrogen and oxygen atoms in total. The van der Waals surface area contributed by atoms with E-state index < -0.39 is 0 Å². The Morgan fingerprint density at radius 2 is 2.04 bits per heavy atom. The fraction of sp³-hybridized carbons (Fsp3) is 0.333. The first kappa shape index (κ1) is 16.6. The summed E-state index contributed by atoms with van der Waals surface area (Å²) in [4.78, 5) is 6.02. The summed E-state index contributed by atoms with van der Waals surface area (Å²) in [7, 11) is 0. The van der Waals surface area contributed by atoms with Crippen LogP contribution in [0.3, 0.4) is 0 Å². The van der Waals surface area contributed by atoms with Gasteiger partial charge in [0.05, 0.1) is 6.04 Å². The van der Waals surface area contributed by atoms with Crippen molar-refractivity contribution in [3.8, 4) is 0 Å². The summed E-state index contributed by atoms with van der Waals surface area (Å²) >= 11 is 6.16. The van der Waals surface area contributed by atoms with Gasteiger partial charge in [-0.25, -0.2) is 4.39 Å².